The molecule has 1 aromatic heterocycles. The van der Waals surface area contributed by atoms with Gasteiger partial charge in [-0.05, 0) is 29.8 Å². The molecule has 0 saturated heterocycles. The van der Waals surface area contributed by atoms with Gasteiger partial charge in [-0.2, -0.15) is 0 Å². The molecule has 1 atom stereocenters. The van der Waals surface area contributed by atoms with Crippen LogP contribution in [-0.2, 0) is 6.42 Å². The molecule has 0 saturated carbocycles. The van der Waals surface area contributed by atoms with Crippen LogP contribution >= 0.6 is 11.6 Å². The fourth-order valence-corrected chi connectivity index (χ4v) is 1.85. The van der Waals surface area contributed by atoms with Crippen LogP contribution in [0.2, 0.25) is 5.15 Å². The molecule has 0 aliphatic heterocycles. The lowest BCUT2D eigenvalue weighted by molar-refractivity contribution is 0.175. The Kier molecular flexibility index (Phi) is 3.89. The Bertz CT molecular complexity index is 542. The van der Waals surface area contributed by atoms with E-state index in [4.69, 9.17) is 11.6 Å². The number of halogens is 3. The maximum atomic E-state index is 13.4. The zero-order valence-electron chi connectivity index (χ0n) is 9.28. The van der Waals surface area contributed by atoms with Gasteiger partial charge in [-0.15, -0.1) is 0 Å². The number of pyridine rings is 1. The number of aliphatic hydroxyl groups is 1. The second-order valence-electron chi connectivity index (χ2n) is 3.83. The Labute approximate surface area is 108 Å². The minimum atomic E-state index is -1.03. The summed E-state index contributed by atoms with van der Waals surface area (Å²) in [5, 5.41) is 10.2. The van der Waals surface area contributed by atoms with E-state index in [0.717, 1.165) is 12.1 Å². The largest absolute Gasteiger partial charge is 0.388 e. The fourth-order valence-electron chi connectivity index (χ4n) is 1.66. The molecule has 1 aromatic carbocycles. The highest BCUT2D eigenvalue weighted by molar-refractivity contribution is 6.29. The lowest BCUT2D eigenvalue weighted by Crippen LogP contribution is -2.06. The summed E-state index contributed by atoms with van der Waals surface area (Å²) in [5.41, 5.74) is 0.329. The lowest BCUT2D eigenvalue weighted by Gasteiger charge is -2.12. The van der Waals surface area contributed by atoms with Crippen molar-refractivity contribution in [3.8, 4) is 0 Å². The second kappa shape index (κ2) is 5.42. The third kappa shape index (κ3) is 2.83. The van der Waals surface area contributed by atoms with Gasteiger partial charge < -0.3 is 5.11 Å². The molecule has 2 rings (SSSR count). The van der Waals surface area contributed by atoms with Crippen LogP contribution in [0.4, 0.5) is 8.78 Å². The van der Waals surface area contributed by atoms with Crippen LogP contribution in [0, 0.1) is 11.6 Å². The number of aromatic nitrogens is 1. The summed E-state index contributed by atoms with van der Waals surface area (Å²) in [6, 6.07) is 6.61. The summed E-state index contributed by atoms with van der Waals surface area (Å²) in [5.74, 6) is -1.34. The lowest BCUT2D eigenvalue weighted by atomic mass is 10.0. The van der Waals surface area contributed by atoms with Crippen molar-refractivity contribution in [1.82, 2.24) is 4.98 Å². The van der Waals surface area contributed by atoms with Crippen molar-refractivity contribution in [2.24, 2.45) is 0 Å². The van der Waals surface area contributed by atoms with Gasteiger partial charge in [-0.3, -0.25) is 0 Å². The summed E-state index contributed by atoms with van der Waals surface area (Å²) in [7, 11) is 0. The van der Waals surface area contributed by atoms with Crippen molar-refractivity contribution in [2.75, 3.05) is 0 Å². The van der Waals surface area contributed by atoms with Crippen LogP contribution in [0.3, 0.4) is 0 Å². The van der Waals surface area contributed by atoms with E-state index in [-0.39, 0.29) is 17.1 Å². The molecule has 0 aliphatic carbocycles. The van der Waals surface area contributed by atoms with Gasteiger partial charge in [0.05, 0.1) is 6.10 Å². The van der Waals surface area contributed by atoms with Gasteiger partial charge in [-0.1, -0.05) is 17.7 Å². The number of hydrogen-bond donors (Lipinski definition) is 1. The van der Waals surface area contributed by atoms with Crippen molar-refractivity contribution in [3.05, 3.63) is 64.4 Å². The smallest absolute Gasteiger partial charge is 0.129 e. The maximum absolute atomic E-state index is 13.4. The number of nitrogens with zero attached hydrogens (tertiary/aromatic N) is 1. The van der Waals surface area contributed by atoms with E-state index in [0.29, 0.717) is 5.56 Å². The van der Waals surface area contributed by atoms with Gasteiger partial charge in [0.25, 0.3) is 0 Å². The molecular formula is C13H10ClF2NO. The summed E-state index contributed by atoms with van der Waals surface area (Å²) in [4.78, 5) is 3.77. The quantitative estimate of drug-likeness (QED) is 0.868. The molecule has 18 heavy (non-hydrogen) atoms. The third-order valence-corrected chi connectivity index (χ3v) is 2.80. The number of hydrogen-bond acceptors (Lipinski definition) is 2. The highest BCUT2D eigenvalue weighted by atomic mass is 35.5. The maximum Gasteiger partial charge on any atom is 0.129 e. The summed E-state index contributed by atoms with van der Waals surface area (Å²) in [6.45, 7) is 0. The number of aliphatic hydroxyl groups excluding tert-OH is 1. The Morgan fingerprint density at radius 1 is 1.22 bits per heavy atom. The zero-order valence-corrected chi connectivity index (χ0v) is 10.0. The van der Waals surface area contributed by atoms with Crippen LogP contribution in [-0.4, -0.2) is 10.1 Å². The first-order chi connectivity index (χ1) is 8.58. The van der Waals surface area contributed by atoms with Crippen LogP contribution in [0.15, 0.2) is 36.5 Å². The van der Waals surface area contributed by atoms with E-state index in [2.05, 4.69) is 4.98 Å². The van der Waals surface area contributed by atoms with E-state index >= 15 is 0 Å². The minimum absolute atomic E-state index is 0.141. The highest BCUT2D eigenvalue weighted by Crippen LogP contribution is 2.23. The van der Waals surface area contributed by atoms with Gasteiger partial charge in [0, 0.05) is 18.2 Å². The molecule has 0 aliphatic rings. The standard InChI is InChI=1S/C13H10ClF2NO/c14-13-6-8(4-5-17-13)12(18)7-9-10(15)2-1-3-11(9)16/h1-6,12,18H,7H2. The molecule has 0 amide bonds. The van der Waals surface area contributed by atoms with Crippen LogP contribution in [0.5, 0.6) is 0 Å². The van der Waals surface area contributed by atoms with Gasteiger partial charge in [0.1, 0.15) is 16.8 Å². The zero-order chi connectivity index (χ0) is 13.1. The Morgan fingerprint density at radius 3 is 2.50 bits per heavy atom. The molecule has 0 fully saturated rings. The molecule has 94 valence electrons. The first-order valence-electron chi connectivity index (χ1n) is 5.30. The van der Waals surface area contributed by atoms with Crippen LogP contribution in [0.1, 0.15) is 17.2 Å². The second-order valence-corrected chi connectivity index (χ2v) is 4.22. The molecule has 0 bridgehead atoms. The molecule has 2 aromatic rings. The molecule has 5 heteroatoms. The molecule has 0 spiro atoms. The van der Waals surface area contributed by atoms with Gasteiger partial charge >= 0.3 is 0 Å². The minimum Gasteiger partial charge on any atom is -0.388 e. The van der Waals surface area contributed by atoms with E-state index in [1.807, 2.05) is 0 Å². The van der Waals surface area contributed by atoms with E-state index in [1.165, 1.54) is 18.3 Å². The molecule has 1 unspecified atom stereocenters. The summed E-state index contributed by atoms with van der Waals surface area (Å²) in [6.07, 6.45) is 0.245. The predicted molar refractivity (Wildman–Crippen MR) is 64.3 cm³/mol. The van der Waals surface area contributed by atoms with Crippen molar-refractivity contribution in [2.45, 2.75) is 12.5 Å². The Hall–Kier alpha value is -1.52. The van der Waals surface area contributed by atoms with Crippen molar-refractivity contribution in [1.29, 1.82) is 0 Å². The summed E-state index contributed by atoms with van der Waals surface area (Å²) >= 11 is 5.68. The number of benzene rings is 1. The fraction of sp³-hybridized carbons (Fsp3) is 0.154. The summed E-state index contributed by atoms with van der Waals surface area (Å²) < 4.78 is 26.8. The third-order valence-electron chi connectivity index (χ3n) is 2.59. The van der Waals surface area contributed by atoms with Gasteiger partial charge in [0.15, 0.2) is 0 Å². The van der Waals surface area contributed by atoms with Crippen LogP contribution in [0.25, 0.3) is 0 Å². The van der Waals surface area contributed by atoms with E-state index in [1.54, 1.807) is 6.07 Å². The average Bonchev–Trinajstić information content (AvgIpc) is 2.34. The molecule has 2 nitrogen and oxygen atoms in total. The first kappa shape index (κ1) is 12.9. The highest BCUT2D eigenvalue weighted by Gasteiger charge is 2.15. The number of rotatable bonds is 3. The molecular weight excluding hydrogens is 260 g/mol. The van der Waals surface area contributed by atoms with Crippen molar-refractivity contribution < 1.29 is 13.9 Å². The molecule has 1 N–H and O–H groups in total. The van der Waals surface area contributed by atoms with E-state index in [9.17, 15) is 13.9 Å². The Balaban J connectivity index is 2.24. The topological polar surface area (TPSA) is 33.1 Å². The predicted octanol–water partition coefficient (Wildman–Crippen LogP) is 3.29. The Morgan fingerprint density at radius 2 is 1.89 bits per heavy atom. The van der Waals surface area contributed by atoms with Gasteiger partial charge in [0.2, 0.25) is 0 Å². The van der Waals surface area contributed by atoms with E-state index < -0.39 is 17.7 Å². The monoisotopic (exact) mass is 269 g/mol. The van der Waals surface area contributed by atoms with Gasteiger partial charge in [-0.25, -0.2) is 13.8 Å². The average molecular weight is 270 g/mol. The normalized spacial score (nSPS) is 12.4. The molecule has 0 radical (unpaired) electrons. The SMILES string of the molecule is OC(Cc1c(F)cccc1F)c1ccnc(Cl)c1. The van der Waals surface area contributed by atoms with Crippen LogP contribution < -0.4 is 0 Å². The van der Waals surface area contributed by atoms with Crippen molar-refractivity contribution >= 4 is 11.6 Å². The van der Waals surface area contributed by atoms with Crippen molar-refractivity contribution in [3.63, 3.8) is 0 Å². The first-order valence-corrected chi connectivity index (χ1v) is 5.68. The molecule has 1 heterocycles.